The molecule has 2 rings (SSSR count). The molecule has 4 amide bonds. The van der Waals surface area contributed by atoms with Crippen molar-refractivity contribution in [3.8, 4) is 0 Å². The van der Waals surface area contributed by atoms with Crippen LogP contribution in [0.3, 0.4) is 0 Å². The average Bonchev–Trinajstić information content (AvgIpc) is 3.02. The monoisotopic (exact) mass is 337 g/mol. The number of carbonyl (C=O) groups is 3. The van der Waals surface area contributed by atoms with Crippen molar-refractivity contribution in [2.24, 2.45) is 5.92 Å². The third kappa shape index (κ3) is 3.39. The van der Waals surface area contributed by atoms with Gasteiger partial charge in [0.05, 0.1) is 6.04 Å². The number of urea groups is 1. The van der Waals surface area contributed by atoms with Gasteiger partial charge in [-0.25, -0.2) is 9.69 Å². The number of rotatable bonds is 5. The van der Waals surface area contributed by atoms with Gasteiger partial charge in [-0.2, -0.15) is 0 Å². The van der Waals surface area contributed by atoms with Crippen molar-refractivity contribution in [1.82, 2.24) is 15.5 Å². The highest BCUT2D eigenvalue weighted by Crippen LogP contribution is 2.26. The van der Waals surface area contributed by atoms with E-state index in [9.17, 15) is 14.4 Å². The van der Waals surface area contributed by atoms with Crippen molar-refractivity contribution in [3.05, 3.63) is 22.4 Å². The molecule has 1 saturated heterocycles. The molecule has 1 aromatic rings. The fraction of sp³-hybridized carbons (Fsp3) is 0.562. The van der Waals surface area contributed by atoms with Crippen molar-refractivity contribution >= 4 is 29.2 Å². The Morgan fingerprint density at radius 2 is 1.96 bits per heavy atom. The number of thiophene rings is 1. The van der Waals surface area contributed by atoms with Gasteiger partial charge in [-0.05, 0) is 38.1 Å². The molecule has 23 heavy (non-hydrogen) atoms. The fourth-order valence-corrected chi connectivity index (χ4v) is 3.50. The molecule has 2 heterocycles. The summed E-state index contributed by atoms with van der Waals surface area (Å²) in [6.07, 6.45) is 0. The Bertz CT molecular complexity index is 610. The van der Waals surface area contributed by atoms with E-state index in [0.29, 0.717) is 0 Å². The molecule has 0 saturated carbocycles. The van der Waals surface area contributed by atoms with E-state index in [1.54, 1.807) is 32.1 Å². The molecule has 1 fully saturated rings. The smallest absolute Gasteiger partial charge is 0.325 e. The molecule has 1 aliphatic rings. The first-order valence-corrected chi connectivity index (χ1v) is 8.52. The van der Waals surface area contributed by atoms with Crippen molar-refractivity contribution in [2.75, 3.05) is 0 Å². The highest BCUT2D eigenvalue weighted by molar-refractivity contribution is 7.10. The number of nitrogens with zero attached hydrogens (tertiary/aromatic N) is 1. The minimum absolute atomic E-state index is 0.140. The second-order valence-corrected chi connectivity index (χ2v) is 7.63. The molecule has 2 N–H and O–H groups in total. The van der Waals surface area contributed by atoms with Crippen LogP contribution >= 0.6 is 11.3 Å². The first kappa shape index (κ1) is 17.5. The molecule has 1 aromatic heterocycles. The molecule has 7 heteroatoms. The van der Waals surface area contributed by atoms with Crippen LogP contribution < -0.4 is 10.6 Å². The van der Waals surface area contributed by atoms with E-state index in [1.807, 2.05) is 31.4 Å². The molecule has 6 nitrogen and oxygen atoms in total. The van der Waals surface area contributed by atoms with E-state index in [0.717, 1.165) is 9.78 Å². The van der Waals surface area contributed by atoms with Gasteiger partial charge in [0, 0.05) is 4.88 Å². The molecule has 0 aromatic carbocycles. The maximum Gasteiger partial charge on any atom is 0.325 e. The van der Waals surface area contributed by atoms with Crippen LogP contribution in [0.1, 0.15) is 45.5 Å². The molecule has 1 aliphatic heterocycles. The maximum absolute atomic E-state index is 12.6. The Hall–Kier alpha value is -1.89. The Morgan fingerprint density at radius 1 is 1.30 bits per heavy atom. The van der Waals surface area contributed by atoms with Gasteiger partial charge < -0.3 is 10.6 Å². The standard InChI is InChI=1S/C16H23N3O3S/c1-9(2)12(11-7-6-8-23-11)17-13(20)10(3)19-14(21)16(4,5)18-15(19)22/h6-10,12H,1-5H3,(H,17,20)(H,18,22)/t10-,12+/m1/s1. The van der Waals surface area contributed by atoms with Gasteiger partial charge in [-0.1, -0.05) is 19.9 Å². The van der Waals surface area contributed by atoms with Gasteiger partial charge in [-0.3, -0.25) is 9.59 Å². The summed E-state index contributed by atoms with van der Waals surface area (Å²) in [5.74, 6) is -0.523. The lowest BCUT2D eigenvalue weighted by molar-refractivity contribution is -0.137. The van der Waals surface area contributed by atoms with Gasteiger partial charge in [0.15, 0.2) is 0 Å². The molecule has 0 bridgehead atoms. The Labute approximate surface area is 140 Å². The minimum atomic E-state index is -0.975. The molecule has 126 valence electrons. The van der Waals surface area contributed by atoms with Crippen LogP contribution in [-0.2, 0) is 9.59 Å². The van der Waals surface area contributed by atoms with Crippen LogP contribution in [-0.4, -0.2) is 34.3 Å². The molecule has 0 unspecified atom stereocenters. The van der Waals surface area contributed by atoms with Gasteiger partial charge in [0.2, 0.25) is 5.91 Å². The van der Waals surface area contributed by atoms with E-state index >= 15 is 0 Å². The number of hydrogen-bond acceptors (Lipinski definition) is 4. The lowest BCUT2D eigenvalue weighted by atomic mass is 10.0. The zero-order chi connectivity index (χ0) is 17.4. The third-order valence-electron chi connectivity index (χ3n) is 3.97. The Kier molecular flexibility index (Phi) is 4.79. The third-order valence-corrected chi connectivity index (χ3v) is 4.93. The number of hydrogen-bond donors (Lipinski definition) is 2. The summed E-state index contributed by atoms with van der Waals surface area (Å²) in [6.45, 7) is 8.86. The minimum Gasteiger partial charge on any atom is -0.346 e. The summed E-state index contributed by atoms with van der Waals surface area (Å²) in [5.41, 5.74) is -0.975. The summed E-state index contributed by atoms with van der Waals surface area (Å²) in [5, 5.41) is 7.51. The van der Waals surface area contributed by atoms with Gasteiger partial charge >= 0.3 is 6.03 Å². The number of nitrogens with one attached hydrogen (secondary N) is 2. The predicted octanol–water partition coefficient (Wildman–Crippen LogP) is 2.28. The number of amides is 4. The highest BCUT2D eigenvalue weighted by atomic mass is 32.1. The van der Waals surface area contributed by atoms with Crippen LogP contribution in [0.5, 0.6) is 0 Å². The van der Waals surface area contributed by atoms with E-state index in [1.165, 1.54) is 0 Å². The van der Waals surface area contributed by atoms with Crippen LogP contribution in [0.4, 0.5) is 4.79 Å². The van der Waals surface area contributed by atoms with E-state index in [-0.39, 0.29) is 23.8 Å². The van der Waals surface area contributed by atoms with Gasteiger partial charge in [0.1, 0.15) is 11.6 Å². The fourth-order valence-electron chi connectivity index (χ4n) is 2.55. The quantitative estimate of drug-likeness (QED) is 0.809. The summed E-state index contributed by atoms with van der Waals surface area (Å²) >= 11 is 1.57. The van der Waals surface area contributed by atoms with Crippen LogP contribution in [0.2, 0.25) is 0 Å². The van der Waals surface area contributed by atoms with E-state index in [4.69, 9.17) is 0 Å². The average molecular weight is 337 g/mol. The SMILES string of the molecule is CC(C)[C@H](NC(=O)[C@@H](C)N1C(=O)NC(C)(C)C1=O)c1cccs1. The van der Waals surface area contributed by atoms with Crippen LogP contribution in [0, 0.1) is 5.92 Å². The first-order valence-electron chi connectivity index (χ1n) is 7.64. The molecule has 0 radical (unpaired) electrons. The Morgan fingerprint density at radius 3 is 2.39 bits per heavy atom. The summed E-state index contributed by atoms with van der Waals surface area (Å²) < 4.78 is 0. The summed E-state index contributed by atoms with van der Waals surface area (Å²) in [7, 11) is 0. The molecule has 2 atom stereocenters. The highest BCUT2D eigenvalue weighted by Gasteiger charge is 2.48. The number of carbonyl (C=O) groups excluding carboxylic acids is 3. The van der Waals surface area contributed by atoms with Gasteiger partial charge in [-0.15, -0.1) is 11.3 Å². The van der Waals surface area contributed by atoms with Crippen molar-refractivity contribution in [1.29, 1.82) is 0 Å². The molecule has 0 spiro atoms. The zero-order valence-electron chi connectivity index (χ0n) is 14.0. The summed E-state index contributed by atoms with van der Waals surface area (Å²) in [6, 6.07) is 2.38. The molecule has 0 aliphatic carbocycles. The topological polar surface area (TPSA) is 78.5 Å². The lowest BCUT2D eigenvalue weighted by Crippen LogP contribution is -2.50. The van der Waals surface area contributed by atoms with Crippen molar-refractivity contribution in [2.45, 2.75) is 52.2 Å². The van der Waals surface area contributed by atoms with E-state index in [2.05, 4.69) is 10.6 Å². The molecular formula is C16H23N3O3S. The lowest BCUT2D eigenvalue weighted by Gasteiger charge is -2.26. The Balaban J connectivity index is 2.14. The van der Waals surface area contributed by atoms with Crippen LogP contribution in [0.15, 0.2) is 17.5 Å². The van der Waals surface area contributed by atoms with E-state index < -0.39 is 17.6 Å². The van der Waals surface area contributed by atoms with Crippen molar-refractivity contribution in [3.63, 3.8) is 0 Å². The maximum atomic E-state index is 12.6. The number of imide groups is 1. The second kappa shape index (κ2) is 6.31. The zero-order valence-corrected chi connectivity index (χ0v) is 14.9. The van der Waals surface area contributed by atoms with Crippen LogP contribution in [0.25, 0.3) is 0 Å². The normalized spacial score (nSPS) is 19.7. The molecular weight excluding hydrogens is 314 g/mol. The predicted molar refractivity (Wildman–Crippen MR) is 89.0 cm³/mol. The first-order chi connectivity index (χ1) is 10.6. The second-order valence-electron chi connectivity index (χ2n) is 6.65. The summed E-state index contributed by atoms with van der Waals surface area (Å²) in [4.78, 5) is 38.9. The largest absolute Gasteiger partial charge is 0.346 e. The van der Waals surface area contributed by atoms with Gasteiger partial charge in [0.25, 0.3) is 5.91 Å². The van der Waals surface area contributed by atoms with Crippen molar-refractivity contribution < 1.29 is 14.4 Å².